The quantitative estimate of drug-likeness (QED) is 0.623. The first-order valence-corrected chi connectivity index (χ1v) is 7.35. The number of piperazine rings is 1. The fourth-order valence-corrected chi connectivity index (χ4v) is 5.31. The third kappa shape index (κ3) is 1.38. The molecule has 4 nitrogen and oxygen atoms in total. The van der Waals surface area contributed by atoms with Crippen molar-refractivity contribution in [2.24, 2.45) is 23.7 Å². The number of fused-ring (bicyclic) bond motifs is 2. The van der Waals surface area contributed by atoms with E-state index in [0.29, 0.717) is 5.92 Å². The molecule has 0 bridgehead atoms. The number of carbonyl (C=O) groups is 2. The molecule has 2 amide bonds. The fraction of sp³-hybridized carbons (Fsp3) is 0.857. The van der Waals surface area contributed by atoms with Gasteiger partial charge in [0.25, 0.3) is 0 Å². The molecule has 4 fully saturated rings. The molecule has 0 spiro atoms. The van der Waals surface area contributed by atoms with Crippen molar-refractivity contribution in [1.29, 1.82) is 0 Å². The van der Waals surface area contributed by atoms with Crippen molar-refractivity contribution in [3.63, 3.8) is 0 Å². The molecule has 0 aromatic rings. The average Bonchev–Trinajstić information content (AvgIpc) is 2.77. The third-order valence-corrected chi connectivity index (χ3v) is 5.88. The van der Waals surface area contributed by atoms with Crippen LogP contribution in [0.3, 0.4) is 0 Å². The maximum atomic E-state index is 11.6. The highest BCUT2D eigenvalue weighted by Gasteiger charge is 2.53. The second-order valence-corrected chi connectivity index (χ2v) is 6.58. The molecule has 98 valence electrons. The van der Waals surface area contributed by atoms with Crippen molar-refractivity contribution in [1.82, 2.24) is 10.6 Å². The molecule has 6 unspecified atom stereocenters. The zero-order valence-corrected chi connectivity index (χ0v) is 10.5. The molecule has 2 N–H and O–H groups in total. The molecule has 0 aromatic heterocycles. The lowest BCUT2D eigenvalue weighted by atomic mass is 9.61. The maximum absolute atomic E-state index is 11.6. The molecule has 4 aliphatic rings. The number of hydrogen-bond donors (Lipinski definition) is 2. The number of amides is 2. The minimum atomic E-state index is -0.431. The van der Waals surface area contributed by atoms with E-state index in [1.807, 2.05) is 0 Å². The van der Waals surface area contributed by atoms with Gasteiger partial charge in [0.2, 0.25) is 0 Å². The lowest BCUT2D eigenvalue weighted by molar-refractivity contribution is -0.145. The van der Waals surface area contributed by atoms with E-state index in [0.717, 1.165) is 24.2 Å². The summed E-state index contributed by atoms with van der Waals surface area (Å²) in [7, 11) is 0. The van der Waals surface area contributed by atoms with Crippen molar-refractivity contribution < 1.29 is 9.59 Å². The van der Waals surface area contributed by atoms with Crippen molar-refractivity contribution in [3.05, 3.63) is 0 Å². The van der Waals surface area contributed by atoms with Crippen molar-refractivity contribution >= 4 is 11.8 Å². The first kappa shape index (κ1) is 10.8. The predicted molar refractivity (Wildman–Crippen MR) is 65.5 cm³/mol. The lowest BCUT2D eigenvalue weighted by Crippen LogP contribution is -2.68. The molecule has 0 radical (unpaired) electrons. The van der Waals surface area contributed by atoms with Crippen LogP contribution in [-0.4, -0.2) is 23.9 Å². The Morgan fingerprint density at radius 2 is 1.67 bits per heavy atom. The number of hydrogen-bond acceptors (Lipinski definition) is 2. The maximum Gasteiger partial charge on any atom is 0.309 e. The standard InChI is InChI=1S/C14H20N2O2/c17-13-14(18)16-12-9-3-1-2-7-4-5-8(11(7)9)6-10(12)15-13/h7-12H,1-6H2,(H,15,17)(H,16,18). The third-order valence-electron chi connectivity index (χ3n) is 5.88. The molecular weight excluding hydrogens is 228 g/mol. The van der Waals surface area contributed by atoms with E-state index in [1.54, 1.807) is 0 Å². The smallest absolute Gasteiger partial charge is 0.309 e. The van der Waals surface area contributed by atoms with Gasteiger partial charge in [0.05, 0.1) is 12.1 Å². The summed E-state index contributed by atoms with van der Waals surface area (Å²) in [5.74, 6) is 2.26. The second kappa shape index (κ2) is 3.72. The molecule has 0 aromatic carbocycles. The predicted octanol–water partition coefficient (Wildman–Crippen LogP) is 0.816. The largest absolute Gasteiger partial charge is 0.343 e. The van der Waals surface area contributed by atoms with Crippen LogP contribution in [0.25, 0.3) is 0 Å². The van der Waals surface area contributed by atoms with Crippen LogP contribution in [-0.2, 0) is 9.59 Å². The van der Waals surface area contributed by atoms with E-state index in [9.17, 15) is 9.59 Å². The van der Waals surface area contributed by atoms with Gasteiger partial charge in [0.1, 0.15) is 0 Å². The first-order valence-electron chi connectivity index (χ1n) is 7.35. The van der Waals surface area contributed by atoms with E-state index in [1.165, 1.54) is 32.1 Å². The average molecular weight is 248 g/mol. The van der Waals surface area contributed by atoms with Gasteiger partial charge in [-0.1, -0.05) is 12.8 Å². The Morgan fingerprint density at radius 3 is 2.56 bits per heavy atom. The summed E-state index contributed by atoms with van der Waals surface area (Å²) in [4.78, 5) is 23.1. The Hall–Kier alpha value is -1.06. The van der Waals surface area contributed by atoms with E-state index in [4.69, 9.17) is 0 Å². The van der Waals surface area contributed by atoms with Crippen LogP contribution in [0.4, 0.5) is 0 Å². The Balaban J connectivity index is 1.65. The number of carbonyl (C=O) groups excluding carboxylic acids is 2. The summed E-state index contributed by atoms with van der Waals surface area (Å²) in [5, 5.41) is 5.92. The van der Waals surface area contributed by atoms with Crippen molar-refractivity contribution in [3.8, 4) is 0 Å². The highest BCUT2D eigenvalue weighted by Crippen LogP contribution is 2.54. The van der Waals surface area contributed by atoms with E-state index in [-0.39, 0.29) is 12.1 Å². The topological polar surface area (TPSA) is 58.2 Å². The van der Waals surface area contributed by atoms with Crippen LogP contribution in [0.1, 0.15) is 38.5 Å². The van der Waals surface area contributed by atoms with E-state index < -0.39 is 11.8 Å². The van der Waals surface area contributed by atoms with Crippen LogP contribution in [0, 0.1) is 23.7 Å². The highest BCUT2D eigenvalue weighted by molar-refractivity contribution is 6.35. The summed E-state index contributed by atoms with van der Waals surface area (Å²) in [6.45, 7) is 0. The van der Waals surface area contributed by atoms with Gasteiger partial charge < -0.3 is 10.6 Å². The van der Waals surface area contributed by atoms with E-state index in [2.05, 4.69) is 10.6 Å². The molecule has 4 heteroatoms. The van der Waals surface area contributed by atoms with Crippen LogP contribution in [0.15, 0.2) is 0 Å². The highest BCUT2D eigenvalue weighted by atomic mass is 16.2. The minimum absolute atomic E-state index is 0.193. The molecule has 3 aliphatic carbocycles. The molecule has 1 aliphatic heterocycles. The monoisotopic (exact) mass is 248 g/mol. The van der Waals surface area contributed by atoms with Gasteiger partial charge in [-0.15, -0.1) is 0 Å². The van der Waals surface area contributed by atoms with Gasteiger partial charge in [-0.25, -0.2) is 0 Å². The normalized spacial score (nSPS) is 50.0. The van der Waals surface area contributed by atoms with Gasteiger partial charge in [-0.05, 0) is 49.4 Å². The van der Waals surface area contributed by atoms with Gasteiger partial charge in [-0.2, -0.15) is 0 Å². The molecule has 6 atom stereocenters. The van der Waals surface area contributed by atoms with Gasteiger partial charge >= 0.3 is 11.8 Å². The summed E-state index contributed by atoms with van der Waals surface area (Å²) < 4.78 is 0. The summed E-state index contributed by atoms with van der Waals surface area (Å²) in [6.07, 6.45) is 7.69. The summed E-state index contributed by atoms with van der Waals surface area (Å²) in [6, 6.07) is 0.399. The van der Waals surface area contributed by atoms with Crippen LogP contribution < -0.4 is 10.6 Å². The Kier molecular flexibility index (Phi) is 2.24. The van der Waals surface area contributed by atoms with Crippen LogP contribution >= 0.6 is 0 Å². The van der Waals surface area contributed by atoms with E-state index >= 15 is 0 Å². The molecule has 1 saturated heterocycles. The molecule has 3 saturated carbocycles. The molecule has 4 rings (SSSR count). The zero-order valence-electron chi connectivity index (χ0n) is 10.5. The minimum Gasteiger partial charge on any atom is -0.343 e. The summed E-state index contributed by atoms with van der Waals surface area (Å²) >= 11 is 0. The SMILES string of the molecule is O=C1NC2CC3CCC4CCCC(C2NC1=O)C43. The Morgan fingerprint density at radius 1 is 0.889 bits per heavy atom. The Bertz CT molecular complexity index is 409. The fourth-order valence-electron chi connectivity index (χ4n) is 5.31. The number of nitrogens with one attached hydrogen (secondary N) is 2. The molecule has 1 heterocycles. The lowest BCUT2D eigenvalue weighted by Gasteiger charge is -2.50. The first-order chi connectivity index (χ1) is 8.74. The zero-order chi connectivity index (χ0) is 12.3. The number of rotatable bonds is 0. The summed E-state index contributed by atoms with van der Waals surface area (Å²) in [5.41, 5.74) is 0. The Labute approximate surface area is 107 Å². The van der Waals surface area contributed by atoms with Crippen LogP contribution in [0.2, 0.25) is 0 Å². The van der Waals surface area contributed by atoms with Crippen molar-refractivity contribution in [2.45, 2.75) is 50.6 Å². The van der Waals surface area contributed by atoms with Gasteiger partial charge in [0, 0.05) is 0 Å². The molecule has 18 heavy (non-hydrogen) atoms. The second-order valence-electron chi connectivity index (χ2n) is 6.58. The van der Waals surface area contributed by atoms with Crippen LogP contribution in [0.5, 0.6) is 0 Å². The molecular formula is C14H20N2O2. The van der Waals surface area contributed by atoms with Gasteiger partial charge in [-0.3, -0.25) is 9.59 Å². The van der Waals surface area contributed by atoms with Crippen molar-refractivity contribution in [2.75, 3.05) is 0 Å². The van der Waals surface area contributed by atoms with Gasteiger partial charge in [0.15, 0.2) is 0 Å².